The molecular formula is C28H35N3O4. The summed E-state index contributed by atoms with van der Waals surface area (Å²) in [5, 5.41) is 6.46. The quantitative estimate of drug-likeness (QED) is 0.557. The Morgan fingerprint density at radius 1 is 1.11 bits per heavy atom. The summed E-state index contributed by atoms with van der Waals surface area (Å²) in [6.45, 7) is 7.90. The summed E-state index contributed by atoms with van der Waals surface area (Å²) in [5.41, 5.74) is 5.28. The van der Waals surface area contributed by atoms with Crippen molar-refractivity contribution < 1.29 is 19.1 Å². The number of hydrazone groups is 1. The summed E-state index contributed by atoms with van der Waals surface area (Å²) >= 11 is 0. The van der Waals surface area contributed by atoms with Gasteiger partial charge in [-0.25, -0.2) is 5.01 Å². The van der Waals surface area contributed by atoms with Crippen molar-refractivity contribution in [1.29, 1.82) is 0 Å². The molecule has 1 amide bonds. The Labute approximate surface area is 207 Å². The molecule has 0 bridgehead atoms. The van der Waals surface area contributed by atoms with Crippen LogP contribution in [0.5, 0.6) is 5.75 Å². The molecule has 35 heavy (non-hydrogen) atoms. The number of hydrogen-bond acceptors (Lipinski definition) is 6. The number of esters is 1. The van der Waals surface area contributed by atoms with E-state index in [1.807, 2.05) is 31.2 Å². The van der Waals surface area contributed by atoms with Crippen molar-refractivity contribution in [3.05, 3.63) is 64.7 Å². The van der Waals surface area contributed by atoms with Gasteiger partial charge in [-0.05, 0) is 69.0 Å². The van der Waals surface area contributed by atoms with E-state index in [4.69, 9.17) is 14.6 Å². The molecule has 7 nitrogen and oxygen atoms in total. The highest BCUT2D eigenvalue weighted by atomic mass is 16.5. The first kappa shape index (κ1) is 24.9. The molecule has 2 aliphatic heterocycles. The first-order chi connectivity index (χ1) is 16.9. The van der Waals surface area contributed by atoms with Crippen molar-refractivity contribution in [2.45, 2.75) is 46.1 Å². The van der Waals surface area contributed by atoms with Crippen molar-refractivity contribution in [2.75, 3.05) is 33.4 Å². The van der Waals surface area contributed by atoms with E-state index in [1.165, 1.54) is 11.1 Å². The topological polar surface area (TPSA) is 71.4 Å². The van der Waals surface area contributed by atoms with Crippen molar-refractivity contribution in [1.82, 2.24) is 9.91 Å². The van der Waals surface area contributed by atoms with Crippen LogP contribution in [0.15, 0.2) is 47.6 Å². The minimum absolute atomic E-state index is 0.0794. The normalized spacial score (nSPS) is 20.5. The average molecular weight is 478 g/mol. The summed E-state index contributed by atoms with van der Waals surface area (Å²) in [4.78, 5) is 27.9. The number of piperidine rings is 1. The third kappa shape index (κ3) is 5.56. The van der Waals surface area contributed by atoms with Gasteiger partial charge in [0.15, 0.2) is 0 Å². The minimum atomic E-state index is -0.249. The van der Waals surface area contributed by atoms with Gasteiger partial charge in [0.25, 0.3) is 5.91 Å². The summed E-state index contributed by atoms with van der Waals surface area (Å²) < 4.78 is 10.8. The third-order valence-corrected chi connectivity index (χ3v) is 6.99. The molecular weight excluding hydrogens is 442 g/mol. The molecule has 0 unspecified atom stereocenters. The number of hydrogen-bond donors (Lipinski definition) is 0. The molecule has 0 aromatic heterocycles. The molecule has 2 aliphatic rings. The van der Waals surface area contributed by atoms with Crippen molar-refractivity contribution in [3.8, 4) is 5.75 Å². The van der Waals surface area contributed by atoms with E-state index in [-0.39, 0.29) is 30.4 Å². The fourth-order valence-corrected chi connectivity index (χ4v) is 4.94. The number of benzene rings is 2. The van der Waals surface area contributed by atoms with Crippen molar-refractivity contribution >= 4 is 17.6 Å². The fourth-order valence-electron chi connectivity index (χ4n) is 4.94. The lowest BCUT2D eigenvalue weighted by Crippen LogP contribution is -2.44. The highest BCUT2D eigenvalue weighted by Crippen LogP contribution is 2.37. The maximum Gasteiger partial charge on any atom is 0.310 e. The molecule has 2 heterocycles. The van der Waals surface area contributed by atoms with Crippen LogP contribution in [0, 0.1) is 19.8 Å². The maximum absolute atomic E-state index is 13.6. The Morgan fingerprint density at radius 3 is 2.66 bits per heavy atom. The number of amides is 1. The number of rotatable bonds is 7. The van der Waals surface area contributed by atoms with Gasteiger partial charge in [-0.2, -0.15) is 5.10 Å². The highest BCUT2D eigenvalue weighted by molar-refractivity contribution is 6.03. The fraction of sp³-hybridized carbons (Fsp3) is 0.464. The van der Waals surface area contributed by atoms with E-state index in [2.05, 4.69) is 36.9 Å². The highest BCUT2D eigenvalue weighted by Gasteiger charge is 2.36. The molecule has 0 spiro atoms. The lowest BCUT2D eigenvalue weighted by atomic mass is 9.96. The largest absolute Gasteiger partial charge is 0.496 e. The van der Waals surface area contributed by atoms with Crippen LogP contribution < -0.4 is 4.74 Å². The minimum Gasteiger partial charge on any atom is -0.496 e. The van der Waals surface area contributed by atoms with Gasteiger partial charge in [0.05, 0.1) is 37.9 Å². The molecule has 4 rings (SSSR count). The number of nitrogens with zero attached hydrogens (tertiary/aromatic N) is 3. The van der Waals surface area contributed by atoms with Crippen LogP contribution in [-0.2, 0) is 14.3 Å². The Bertz CT molecular complexity index is 1110. The Balaban J connectivity index is 1.59. The summed E-state index contributed by atoms with van der Waals surface area (Å²) in [5.74, 6) is 0.305. The van der Waals surface area contributed by atoms with E-state index in [1.54, 1.807) is 12.1 Å². The molecule has 2 aromatic rings. The standard InChI is InChI=1S/C28H35N3O4/c1-5-35-28(33)22-9-8-14-30(17-22)18-27(32)31-25(23-10-6-7-11-26(23)34-4)16-24(29-31)21-13-12-19(2)20(3)15-21/h6-7,10-13,15,22,25H,5,8-9,14,16-18H2,1-4H3/t22-,25-/m0/s1. The Kier molecular flexibility index (Phi) is 7.86. The number of para-hydroxylation sites is 1. The molecule has 0 radical (unpaired) electrons. The number of ether oxygens (including phenoxy) is 2. The van der Waals surface area contributed by atoms with E-state index >= 15 is 0 Å². The van der Waals surface area contributed by atoms with Crippen LogP contribution in [0.4, 0.5) is 0 Å². The van der Waals surface area contributed by atoms with Crippen LogP contribution in [0.2, 0.25) is 0 Å². The SMILES string of the molecule is CCOC(=O)[C@H]1CCCN(CC(=O)N2N=C(c3ccc(C)c(C)c3)C[C@H]2c2ccccc2OC)C1. The van der Waals surface area contributed by atoms with Crippen LogP contribution in [0.25, 0.3) is 0 Å². The lowest BCUT2D eigenvalue weighted by Gasteiger charge is -2.32. The van der Waals surface area contributed by atoms with E-state index in [9.17, 15) is 9.59 Å². The van der Waals surface area contributed by atoms with E-state index < -0.39 is 0 Å². The van der Waals surface area contributed by atoms with Gasteiger partial charge < -0.3 is 9.47 Å². The number of methoxy groups -OCH3 is 1. The predicted molar refractivity (Wildman–Crippen MR) is 135 cm³/mol. The number of carbonyl (C=O) groups excluding carboxylic acids is 2. The van der Waals surface area contributed by atoms with Crippen LogP contribution >= 0.6 is 0 Å². The van der Waals surface area contributed by atoms with Gasteiger partial charge in [-0.1, -0.05) is 30.3 Å². The number of aryl methyl sites for hydroxylation is 2. The summed E-state index contributed by atoms with van der Waals surface area (Å²) in [7, 11) is 1.65. The zero-order chi connectivity index (χ0) is 24.9. The predicted octanol–water partition coefficient (Wildman–Crippen LogP) is 4.26. The molecule has 7 heteroatoms. The van der Waals surface area contributed by atoms with Crippen molar-refractivity contribution in [2.24, 2.45) is 11.0 Å². The summed E-state index contributed by atoms with van der Waals surface area (Å²) in [6, 6.07) is 13.9. The maximum atomic E-state index is 13.6. The molecule has 186 valence electrons. The second kappa shape index (κ2) is 11.0. The monoisotopic (exact) mass is 477 g/mol. The van der Waals surface area contributed by atoms with Gasteiger partial charge in [-0.15, -0.1) is 0 Å². The van der Waals surface area contributed by atoms with Crippen molar-refractivity contribution in [3.63, 3.8) is 0 Å². The molecule has 0 saturated carbocycles. The summed E-state index contributed by atoms with van der Waals surface area (Å²) in [6.07, 6.45) is 2.27. The zero-order valence-corrected chi connectivity index (χ0v) is 21.1. The van der Waals surface area contributed by atoms with Gasteiger partial charge in [0.2, 0.25) is 0 Å². The van der Waals surface area contributed by atoms with Crippen LogP contribution in [-0.4, -0.2) is 60.8 Å². The molecule has 2 aromatic carbocycles. The Morgan fingerprint density at radius 2 is 1.91 bits per heavy atom. The van der Waals surface area contributed by atoms with Crippen LogP contribution in [0.1, 0.15) is 54.5 Å². The van der Waals surface area contributed by atoms with Gasteiger partial charge in [0.1, 0.15) is 5.75 Å². The number of likely N-dealkylation sites (tertiary alicyclic amines) is 1. The van der Waals surface area contributed by atoms with Gasteiger partial charge in [-0.3, -0.25) is 14.5 Å². The molecule has 0 N–H and O–H groups in total. The van der Waals surface area contributed by atoms with E-state index in [0.29, 0.717) is 19.6 Å². The van der Waals surface area contributed by atoms with Gasteiger partial charge >= 0.3 is 5.97 Å². The first-order valence-corrected chi connectivity index (χ1v) is 12.4. The number of carbonyl (C=O) groups is 2. The second-order valence-corrected chi connectivity index (χ2v) is 9.37. The zero-order valence-electron chi connectivity index (χ0n) is 21.1. The third-order valence-electron chi connectivity index (χ3n) is 6.99. The van der Waals surface area contributed by atoms with E-state index in [0.717, 1.165) is 42.0 Å². The molecule has 1 fully saturated rings. The Hall–Kier alpha value is -3.19. The first-order valence-electron chi connectivity index (χ1n) is 12.4. The molecule has 2 atom stereocenters. The van der Waals surface area contributed by atoms with Crippen LogP contribution in [0.3, 0.4) is 0 Å². The molecule has 1 saturated heterocycles. The second-order valence-electron chi connectivity index (χ2n) is 9.37. The molecule has 0 aliphatic carbocycles. The lowest BCUT2D eigenvalue weighted by molar-refractivity contribution is -0.150. The average Bonchev–Trinajstić information content (AvgIpc) is 3.31. The smallest absolute Gasteiger partial charge is 0.310 e. The van der Waals surface area contributed by atoms with Gasteiger partial charge in [0, 0.05) is 18.5 Å².